The highest BCUT2D eigenvalue weighted by Crippen LogP contribution is 2.09. The summed E-state index contributed by atoms with van der Waals surface area (Å²) in [5.41, 5.74) is 1.36. The van der Waals surface area contributed by atoms with Crippen LogP contribution in [0.1, 0.15) is 18.9 Å². The predicted octanol–water partition coefficient (Wildman–Crippen LogP) is 2.91. The molecule has 0 saturated heterocycles. The van der Waals surface area contributed by atoms with Gasteiger partial charge in [0.2, 0.25) is 0 Å². The van der Waals surface area contributed by atoms with Gasteiger partial charge in [-0.2, -0.15) is 5.10 Å². The van der Waals surface area contributed by atoms with Crippen molar-refractivity contribution in [2.45, 2.75) is 26.3 Å². The average molecular weight is 230 g/mol. The van der Waals surface area contributed by atoms with E-state index in [4.69, 9.17) is 4.74 Å². The van der Waals surface area contributed by atoms with Gasteiger partial charge < -0.3 is 4.74 Å². The van der Waals surface area contributed by atoms with Crippen molar-refractivity contribution in [3.8, 4) is 5.75 Å². The molecular formula is C14H18N2O. The monoisotopic (exact) mass is 230 g/mol. The topological polar surface area (TPSA) is 27.1 Å². The lowest BCUT2D eigenvalue weighted by Crippen LogP contribution is -1.98. The fourth-order valence-corrected chi connectivity index (χ4v) is 1.70. The van der Waals surface area contributed by atoms with Crippen LogP contribution in [0.15, 0.2) is 42.7 Å². The van der Waals surface area contributed by atoms with Gasteiger partial charge in [0, 0.05) is 6.54 Å². The van der Waals surface area contributed by atoms with Crippen LogP contribution in [0, 0.1) is 0 Å². The molecule has 2 aromatic rings. The van der Waals surface area contributed by atoms with Gasteiger partial charge in [0.25, 0.3) is 0 Å². The molecule has 17 heavy (non-hydrogen) atoms. The second-order valence-corrected chi connectivity index (χ2v) is 3.97. The molecule has 0 aliphatic rings. The van der Waals surface area contributed by atoms with Crippen LogP contribution in [0.5, 0.6) is 5.75 Å². The molecule has 2 rings (SSSR count). The standard InChI is InChI=1S/C14H18N2O/c1-2-16-12-14(11-15-16)17-10-6-9-13-7-4-3-5-8-13/h3-5,7-8,11-12H,2,6,9-10H2,1H3. The smallest absolute Gasteiger partial charge is 0.157 e. The Balaban J connectivity index is 1.69. The third-order valence-electron chi connectivity index (χ3n) is 2.65. The highest BCUT2D eigenvalue weighted by molar-refractivity contribution is 5.15. The minimum atomic E-state index is 0.740. The maximum atomic E-state index is 5.63. The zero-order valence-corrected chi connectivity index (χ0v) is 10.2. The summed E-state index contributed by atoms with van der Waals surface area (Å²) in [5, 5.41) is 4.16. The Labute approximate surface area is 102 Å². The van der Waals surface area contributed by atoms with Gasteiger partial charge in [-0.1, -0.05) is 30.3 Å². The molecular weight excluding hydrogens is 212 g/mol. The van der Waals surface area contributed by atoms with Crippen LogP contribution < -0.4 is 4.74 Å². The van der Waals surface area contributed by atoms with Crippen molar-refractivity contribution >= 4 is 0 Å². The Hall–Kier alpha value is -1.77. The van der Waals surface area contributed by atoms with Crippen LogP contribution in [-0.2, 0) is 13.0 Å². The summed E-state index contributed by atoms with van der Waals surface area (Å²) >= 11 is 0. The van der Waals surface area contributed by atoms with Crippen LogP contribution >= 0.6 is 0 Å². The summed E-state index contributed by atoms with van der Waals surface area (Å²) in [4.78, 5) is 0. The average Bonchev–Trinajstić information content (AvgIpc) is 2.84. The van der Waals surface area contributed by atoms with Gasteiger partial charge >= 0.3 is 0 Å². The molecule has 3 nitrogen and oxygen atoms in total. The molecule has 0 aliphatic heterocycles. The van der Waals surface area contributed by atoms with Crippen LogP contribution in [0.25, 0.3) is 0 Å². The van der Waals surface area contributed by atoms with Gasteiger partial charge in [-0.15, -0.1) is 0 Å². The molecule has 0 radical (unpaired) electrons. The molecule has 90 valence electrons. The summed E-state index contributed by atoms with van der Waals surface area (Å²) in [5.74, 6) is 0.861. The van der Waals surface area contributed by atoms with Gasteiger partial charge in [0.1, 0.15) is 0 Å². The molecule has 0 N–H and O–H groups in total. The Bertz CT molecular complexity index is 436. The Kier molecular flexibility index (Phi) is 4.19. The summed E-state index contributed by atoms with van der Waals surface area (Å²) in [7, 11) is 0. The van der Waals surface area contributed by atoms with Crippen molar-refractivity contribution in [3.63, 3.8) is 0 Å². The number of aryl methyl sites for hydroxylation is 2. The highest BCUT2D eigenvalue weighted by Gasteiger charge is 1.98. The number of nitrogens with zero attached hydrogens (tertiary/aromatic N) is 2. The molecule has 0 atom stereocenters. The first-order chi connectivity index (χ1) is 8.38. The van der Waals surface area contributed by atoms with E-state index in [2.05, 4.69) is 36.3 Å². The highest BCUT2D eigenvalue weighted by atomic mass is 16.5. The van der Waals surface area contributed by atoms with Crippen molar-refractivity contribution < 1.29 is 4.74 Å². The molecule has 0 unspecified atom stereocenters. The molecule has 0 aliphatic carbocycles. The normalized spacial score (nSPS) is 10.4. The van der Waals surface area contributed by atoms with Crippen molar-refractivity contribution in [2.75, 3.05) is 6.61 Å². The van der Waals surface area contributed by atoms with E-state index in [1.807, 2.05) is 16.9 Å². The molecule has 0 fully saturated rings. The number of ether oxygens (including phenoxy) is 1. The van der Waals surface area contributed by atoms with E-state index in [0.29, 0.717) is 0 Å². The summed E-state index contributed by atoms with van der Waals surface area (Å²) in [6.45, 7) is 3.68. The lowest BCUT2D eigenvalue weighted by atomic mass is 10.1. The SMILES string of the molecule is CCn1cc(OCCCc2ccccc2)cn1. The molecule has 0 saturated carbocycles. The van der Waals surface area contributed by atoms with Crippen LogP contribution in [0.4, 0.5) is 0 Å². The summed E-state index contributed by atoms with van der Waals surface area (Å²) in [6.07, 6.45) is 5.79. The van der Waals surface area contributed by atoms with Gasteiger partial charge in [0.05, 0.1) is 19.0 Å². The van der Waals surface area contributed by atoms with Gasteiger partial charge in [-0.3, -0.25) is 4.68 Å². The first kappa shape index (κ1) is 11.7. The second kappa shape index (κ2) is 6.09. The number of hydrogen-bond donors (Lipinski definition) is 0. The van der Waals surface area contributed by atoms with Crippen molar-refractivity contribution in [2.24, 2.45) is 0 Å². The molecule has 0 spiro atoms. The fourth-order valence-electron chi connectivity index (χ4n) is 1.70. The van der Waals surface area contributed by atoms with Crippen molar-refractivity contribution in [1.82, 2.24) is 9.78 Å². The third kappa shape index (κ3) is 3.63. The van der Waals surface area contributed by atoms with E-state index in [1.165, 1.54) is 5.56 Å². The van der Waals surface area contributed by atoms with Gasteiger partial charge in [0.15, 0.2) is 5.75 Å². The molecule has 1 aromatic carbocycles. The van der Waals surface area contributed by atoms with Crippen LogP contribution in [0.3, 0.4) is 0 Å². The zero-order valence-electron chi connectivity index (χ0n) is 10.2. The van der Waals surface area contributed by atoms with Crippen LogP contribution in [0.2, 0.25) is 0 Å². The van der Waals surface area contributed by atoms with E-state index in [1.54, 1.807) is 6.20 Å². The number of hydrogen-bond acceptors (Lipinski definition) is 2. The Morgan fingerprint density at radius 1 is 1.24 bits per heavy atom. The second-order valence-electron chi connectivity index (χ2n) is 3.97. The lowest BCUT2D eigenvalue weighted by molar-refractivity contribution is 0.310. The van der Waals surface area contributed by atoms with E-state index in [-0.39, 0.29) is 0 Å². The number of rotatable bonds is 6. The maximum absolute atomic E-state index is 5.63. The first-order valence-corrected chi connectivity index (χ1v) is 6.07. The Morgan fingerprint density at radius 3 is 2.76 bits per heavy atom. The molecule has 1 aromatic heterocycles. The Morgan fingerprint density at radius 2 is 2.06 bits per heavy atom. The molecule has 0 amide bonds. The molecule has 0 bridgehead atoms. The minimum Gasteiger partial charge on any atom is -0.490 e. The van der Waals surface area contributed by atoms with Crippen molar-refractivity contribution in [3.05, 3.63) is 48.3 Å². The minimum absolute atomic E-state index is 0.740. The van der Waals surface area contributed by atoms with Gasteiger partial charge in [-0.25, -0.2) is 0 Å². The first-order valence-electron chi connectivity index (χ1n) is 6.07. The quantitative estimate of drug-likeness (QED) is 0.713. The van der Waals surface area contributed by atoms with E-state index < -0.39 is 0 Å². The number of aromatic nitrogens is 2. The van der Waals surface area contributed by atoms with Crippen molar-refractivity contribution in [1.29, 1.82) is 0 Å². The number of benzene rings is 1. The predicted molar refractivity (Wildman–Crippen MR) is 68.2 cm³/mol. The third-order valence-corrected chi connectivity index (χ3v) is 2.65. The fraction of sp³-hybridized carbons (Fsp3) is 0.357. The largest absolute Gasteiger partial charge is 0.490 e. The van der Waals surface area contributed by atoms with E-state index >= 15 is 0 Å². The lowest BCUT2D eigenvalue weighted by Gasteiger charge is -2.03. The van der Waals surface area contributed by atoms with E-state index in [0.717, 1.165) is 31.7 Å². The summed E-state index contributed by atoms with van der Waals surface area (Å²) in [6, 6.07) is 10.5. The van der Waals surface area contributed by atoms with Crippen LogP contribution in [-0.4, -0.2) is 16.4 Å². The summed E-state index contributed by atoms with van der Waals surface area (Å²) < 4.78 is 7.49. The molecule has 3 heteroatoms. The maximum Gasteiger partial charge on any atom is 0.157 e. The van der Waals surface area contributed by atoms with E-state index in [9.17, 15) is 0 Å². The molecule has 1 heterocycles. The van der Waals surface area contributed by atoms with Gasteiger partial charge in [-0.05, 0) is 25.3 Å². The zero-order chi connectivity index (χ0) is 11.9.